The summed E-state index contributed by atoms with van der Waals surface area (Å²) in [5, 5.41) is 11.0. The fourth-order valence-corrected chi connectivity index (χ4v) is 3.55. The molecule has 2 atom stereocenters. The standard InChI is InChI=1S/C21H44O4Si/c1-18(2)13-12-15-21(6,24-17-23-7)19(22)14-10-11-16-25-26(8,9)20(3,4)5/h13,19,22H,10-12,14-17H2,1-9H3/t19-,21+/m1/s1. The van der Waals surface area contributed by atoms with E-state index in [-0.39, 0.29) is 11.8 Å². The molecule has 0 bridgehead atoms. The van der Waals surface area contributed by atoms with Crippen LogP contribution in [0, 0.1) is 0 Å². The first kappa shape index (κ1) is 25.8. The van der Waals surface area contributed by atoms with E-state index in [1.54, 1.807) is 7.11 Å². The predicted octanol–water partition coefficient (Wildman–Crippen LogP) is 5.67. The van der Waals surface area contributed by atoms with Gasteiger partial charge >= 0.3 is 0 Å². The normalized spacial score (nSPS) is 16.2. The molecule has 0 saturated carbocycles. The van der Waals surface area contributed by atoms with E-state index in [9.17, 15) is 5.11 Å². The van der Waals surface area contributed by atoms with E-state index < -0.39 is 20.0 Å². The van der Waals surface area contributed by atoms with Gasteiger partial charge in [-0.05, 0) is 71.0 Å². The third kappa shape index (κ3) is 9.65. The van der Waals surface area contributed by atoms with Crippen molar-refractivity contribution in [1.82, 2.24) is 0 Å². The van der Waals surface area contributed by atoms with Crippen molar-refractivity contribution >= 4 is 8.32 Å². The highest BCUT2D eigenvalue weighted by molar-refractivity contribution is 6.74. The van der Waals surface area contributed by atoms with Gasteiger partial charge in [-0.25, -0.2) is 0 Å². The van der Waals surface area contributed by atoms with Crippen molar-refractivity contribution in [2.75, 3.05) is 20.5 Å². The maximum Gasteiger partial charge on any atom is 0.191 e. The molecule has 0 heterocycles. The SMILES string of the molecule is COCO[C@@](C)(CCC=C(C)C)[C@H](O)CCCCO[Si](C)(C)C(C)(C)C. The summed E-state index contributed by atoms with van der Waals surface area (Å²) < 4.78 is 17.1. The summed E-state index contributed by atoms with van der Waals surface area (Å²) in [6.07, 6.45) is 5.99. The minimum atomic E-state index is -1.67. The Morgan fingerprint density at radius 3 is 2.23 bits per heavy atom. The zero-order valence-electron chi connectivity index (χ0n) is 18.8. The fourth-order valence-electron chi connectivity index (χ4n) is 2.46. The molecule has 0 fully saturated rings. The molecule has 5 heteroatoms. The van der Waals surface area contributed by atoms with Crippen LogP contribution >= 0.6 is 0 Å². The van der Waals surface area contributed by atoms with Crippen LogP contribution in [0.4, 0.5) is 0 Å². The topological polar surface area (TPSA) is 47.9 Å². The Hall–Kier alpha value is -0.203. The molecule has 0 amide bonds. The lowest BCUT2D eigenvalue weighted by Gasteiger charge is -2.36. The Kier molecular flexibility index (Phi) is 11.5. The van der Waals surface area contributed by atoms with E-state index in [4.69, 9.17) is 13.9 Å². The Bertz CT molecular complexity index is 411. The number of hydrogen-bond acceptors (Lipinski definition) is 4. The average Bonchev–Trinajstić information content (AvgIpc) is 2.50. The van der Waals surface area contributed by atoms with Gasteiger partial charge in [0.05, 0.1) is 11.7 Å². The first-order valence-electron chi connectivity index (χ1n) is 9.94. The van der Waals surface area contributed by atoms with E-state index in [1.165, 1.54) is 5.57 Å². The molecule has 0 radical (unpaired) electrons. The first-order chi connectivity index (χ1) is 11.9. The van der Waals surface area contributed by atoms with Crippen LogP contribution in [0.1, 0.15) is 73.6 Å². The van der Waals surface area contributed by atoms with E-state index in [0.717, 1.165) is 38.7 Å². The molecule has 0 aromatic carbocycles. The van der Waals surface area contributed by atoms with Crippen LogP contribution < -0.4 is 0 Å². The van der Waals surface area contributed by atoms with Gasteiger partial charge < -0.3 is 19.0 Å². The zero-order valence-corrected chi connectivity index (χ0v) is 19.8. The Morgan fingerprint density at radius 1 is 1.12 bits per heavy atom. The van der Waals surface area contributed by atoms with Crippen LogP contribution in [-0.2, 0) is 13.9 Å². The minimum absolute atomic E-state index is 0.205. The van der Waals surface area contributed by atoms with E-state index >= 15 is 0 Å². The summed E-state index contributed by atoms with van der Waals surface area (Å²) in [4.78, 5) is 0. The Morgan fingerprint density at radius 2 is 1.73 bits per heavy atom. The molecule has 0 aromatic heterocycles. The van der Waals surface area contributed by atoms with Crippen LogP contribution in [0.15, 0.2) is 11.6 Å². The molecule has 0 aliphatic rings. The van der Waals surface area contributed by atoms with E-state index in [1.807, 2.05) is 6.92 Å². The molecule has 26 heavy (non-hydrogen) atoms. The van der Waals surface area contributed by atoms with Crippen LogP contribution in [-0.4, -0.2) is 45.6 Å². The molecule has 0 aromatic rings. The first-order valence-corrected chi connectivity index (χ1v) is 12.8. The molecule has 4 nitrogen and oxygen atoms in total. The van der Waals surface area contributed by atoms with Crippen molar-refractivity contribution in [3.63, 3.8) is 0 Å². The number of methoxy groups -OCH3 is 1. The van der Waals surface area contributed by atoms with Crippen molar-refractivity contribution in [1.29, 1.82) is 0 Å². The van der Waals surface area contributed by atoms with Gasteiger partial charge in [0, 0.05) is 13.7 Å². The summed E-state index contributed by atoms with van der Waals surface area (Å²) in [6, 6.07) is 0. The van der Waals surface area contributed by atoms with Crippen LogP contribution in [0.3, 0.4) is 0 Å². The molecule has 0 aliphatic heterocycles. The van der Waals surface area contributed by atoms with Crippen molar-refractivity contribution in [3.8, 4) is 0 Å². The maximum absolute atomic E-state index is 10.7. The van der Waals surface area contributed by atoms with Crippen LogP contribution in [0.25, 0.3) is 0 Å². The molecular weight excluding hydrogens is 344 g/mol. The number of rotatable bonds is 13. The number of aliphatic hydroxyl groups excluding tert-OH is 1. The summed E-state index contributed by atoms with van der Waals surface area (Å²) in [5.41, 5.74) is 0.707. The van der Waals surface area contributed by atoms with Crippen molar-refractivity contribution in [2.45, 2.75) is 103 Å². The lowest BCUT2D eigenvalue weighted by molar-refractivity contribution is -0.173. The van der Waals surface area contributed by atoms with E-state index in [2.05, 4.69) is 53.8 Å². The minimum Gasteiger partial charge on any atom is -0.417 e. The van der Waals surface area contributed by atoms with E-state index in [0.29, 0.717) is 0 Å². The highest BCUT2D eigenvalue weighted by atomic mass is 28.4. The quantitative estimate of drug-likeness (QED) is 0.191. The second kappa shape index (κ2) is 11.6. The number of hydrogen-bond donors (Lipinski definition) is 1. The monoisotopic (exact) mass is 388 g/mol. The van der Waals surface area contributed by atoms with Crippen LogP contribution in [0.2, 0.25) is 18.1 Å². The molecule has 1 N–H and O–H groups in total. The van der Waals surface area contributed by atoms with Gasteiger partial charge in [0.15, 0.2) is 8.32 Å². The lowest BCUT2D eigenvalue weighted by atomic mass is 9.89. The maximum atomic E-state index is 10.7. The lowest BCUT2D eigenvalue weighted by Crippen LogP contribution is -2.43. The third-order valence-corrected chi connectivity index (χ3v) is 10.1. The number of ether oxygens (including phenoxy) is 2. The van der Waals surface area contributed by atoms with Gasteiger partial charge in [0.1, 0.15) is 6.79 Å². The summed E-state index contributed by atoms with van der Waals surface area (Å²) in [6.45, 7) is 18.5. The van der Waals surface area contributed by atoms with Gasteiger partial charge in [-0.3, -0.25) is 0 Å². The van der Waals surface area contributed by atoms with Gasteiger partial charge in [-0.1, -0.05) is 32.4 Å². The number of allylic oxidation sites excluding steroid dienone is 2. The molecule has 0 rings (SSSR count). The predicted molar refractivity (Wildman–Crippen MR) is 113 cm³/mol. The average molecular weight is 389 g/mol. The Labute approximate surface area is 163 Å². The molecule has 0 spiro atoms. The smallest absolute Gasteiger partial charge is 0.191 e. The van der Waals surface area contributed by atoms with Gasteiger partial charge in [0.2, 0.25) is 0 Å². The second-order valence-electron chi connectivity index (χ2n) is 9.30. The highest BCUT2D eigenvalue weighted by Gasteiger charge is 2.37. The third-order valence-electron chi connectivity index (χ3n) is 5.55. The fraction of sp³-hybridized carbons (Fsp3) is 0.905. The zero-order chi connectivity index (χ0) is 20.4. The Balaban J connectivity index is 4.43. The van der Waals surface area contributed by atoms with Gasteiger partial charge in [-0.2, -0.15) is 0 Å². The molecular formula is C21H44O4Si. The largest absolute Gasteiger partial charge is 0.417 e. The van der Waals surface area contributed by atoms with Crippen LogP contribution in [0.5, 0.6) is 0 Å². The highest BCUT2D eigenvalue weighted by Crippen LogP contribution is 2.36. The second-order valence-corrected chi connectivity index (χ2v) is 14.1. The summed E-state index contributed by atoms with van der Waals surface area (Å²) >= 11 is 0. The summed E-state index contributed by atoms with van der Waals surface area (Å²) in [5.74, 6) is 0. The van der Waals surface area contributed by atoms with Crippen molar-refractivity contribution in [3.05, 3.63) is 11.6 Å². The van der Waals surface area contributed by atoms with Crippen molar-refractivity contribution < 1.29 is 19.0 Å². The number of unbranched alkanes of at least 4 members (excludes halogenated alkanes) is 1. The van der Waals surface area contributed by atoms with Gasteiger partial charge in [0.25, 0.3) is 0 Å². The summed E-state index contributed by atoms with van der Waals surface area (Å²) in [7, 11) is -0.0627. The van der Waals surface area contributed by atoms with Gasteiger partial charge in [-0.15, -0.1) is 0 Å². The molecule has 156 valence electrons. The molecule has 0 saturated heterocycles. The van der Waals surface area contributed by atoms with Crippen molar-refractivity contribution in [2.24, 2.45) is 0 Å². The molecule has 0 unspecified atom stereocenters. The number of aliphatic hydroxyl groups is 1. The molecule has 0 aliphatic carbocycles.